The third-order valence-corrected chi connectivity index (χ3v) is 3.75. The number of rotatable bonds is 7. The molecule has 0 bridgehead atoms. The molecular weight excluding hydrogens is 224 g/mol. The highest BCUT2D eigenvalue weighted by Gasteiger charge is 2.01. The van der Waals surface area contributed by atoms with Crippen LogP contribution in [0, 0.1) is 6.92 Å². The van der Waals surface area contributed by atoms with E-state index in [0.29, 0.717) is 0 Å². The van der Waals surface area contributed by atoms with Crippen LogP contribution in [0.15, 0.2) is 11.1 Å². The van der Waals surface area contributed by atoms with E-state index in [-0.39, 0.29) is 0 Å². The summed E-state index contributed by atoms with van der Waals surface area (Å²) in [6, 6.07) is 2.15. The van der Waals surface area contributed by atoms with E-state index in [1.807, 2.05) is 30.4 Å². The van der Waals surface area contributed by atoms with Crippen molar-refractivity contribution < 1.29 is 0 Å². The lowest BCUT2D eigenvalue weighted by Gasteiger charge is -2.01. The van der Waals surface area contributed by atoms with Gasteiger partial charge in [-0.3, -0.25) is 4.68 Å². The van der Waals surface area contributed by atoms with Crippen molar-refractivity contribution in [2.75, 3.05) is 11.5 Å². The quantitative estimate of drug-likeness (QED) is 0.450. The molecule has 0 aliphatic rings. The Morgan fingerprint density at radius 3 is 2.67 bits per heavy atom. The molecule has 0 fully saturated rings. The topological polar surface area (TPSA) is 17.8 Å². The fourth-order valence-corrected chi connectivity index (χ4v) is 2.73. The summed E-state index contributed by atoms with van der Waals surface area (Å²) < 4.78 is 1.97. The summed E-state index contributed by atoms with van der Waals surface area (Å²) in [4.78, 5) is 0. The Balaban J connectivity index is 2.12. The van der Waals surface area contributed by atoms with Crippen LogP contribution in [-0.2, 0) is 7.05 Å². The second-order valence-electron chi connectivity index (χ2n) is 3.73. The number of aryl methyl sites for hydroxylation is 2. The lowest BCUT2D eigenvalue weighted by atomic mass is 10.2. The molecule has 0 atom stereocenters. The summed E-state index contributed by atoms with van der Waals surface area (Å²) >= 11 is 6.11. The summed E-state index contributed by atoms with van der Waals surface area (Å²) in [5.74, 6) is 2.22. The normalized spacial score (nSPS) is 10.9. The summed E-state index contributed by atoms with van der Waals surface area (Å²) in [5.41, 5.74) is 1.11. The minimum absolute atomic E-state index is 1.02. The van der Waals surface area contributed by atoms with E-state index in [1.165, 1.54) is 36.5 Å². The molecule has 0 aliphatic carbocycles. The number of aromatic nitrogens is 2. The maximum atomic E-state index is 4.33. The van der Waals surface area contributed by atoms with Crippen LogP contribution in [0.2, 0.25) is 0 Å². The zero-order chi connectivity index (χ0) is 11.1. The second-order valence-corrected chi connectivity index (χ2v) is 5.30. The Labute approximate surface area is 102 Å². The average molecular weight is 244 g/mol. The minimum Gasteiger partial charge on any atom is -0.262 e. The smallest absolute Gasteiger partial charge is 0.0939 e. The molecule has 4 heteroatoms. The van der Waals surface area contributed by atoms with E-state index in [0.717, 1.165) is 11.4 Å². The van der Waals surface area contributed by atoms with Crippen LogP contribution in [-0.4, -0.2) is 21.3 Å². The second kappa shape index (κ2) is 7.23. The summed E-state index contributed by atoms with van der Waals surface area (Å²) in [5, 5.41) is 5.60. The van der Waals surface area contributed by atoms with Crippen molar-refractivity contribution in [3.05, 3.63) is 11.8 Å². The van der Waals surface area contributed by atoms with E-state index in [2.05, 4.69) is 23.8 Å². The Hall–Kier alpha value is -0.0900. The molecule has 1 heterocycles. The van der Waals surface area contributed by atoms with Crippen LogP contribution < -0.4 is 0 Å². The number of nitrogens with zero attached hydrogens (tertiary/aromatic N) is 2. The van der Waals surface area contributed by atoms with Crippen LogP contribution in [0.1, 0.15) is 31.4 Å². The number of hydrogen-bond donors (Lipinski definition) is 1. The van der Waals surface area contributed by atoms with Gasteiger partial charge < -0.3 is 0 Å². The number of thiol groups is 1. The molecule has 1 aromatic rings. The van der Waals surface area contributed by atoms with Gasteiger partial charge in [-0.05, 0) is 37.3 Å². The van der Waals surface area contributed by atoms with Gasteiger partial charge in [-0.15, -0.1) is 11.8 Å². The maximum Gasteiger partial charge on any atom is 0.0939 e. The van der Waals surface area contributed by atoms with Crippen LogP contribution in [0.3, 0.4) is 0 Å². The van der Waals surface area contributed by atoms with Gasteiger partial charge in [0.05, 0.1) is 10.7 Å². The van der Waals surface area contributed by atoms with Gasteiger partial charge in [-0.2, -0.15) is 17.7 Å². The molecular formula is C11H20N2S2. The average Bonchev–Trinajstić information content (AvgIpc) is 2.51. The summed E-state index contributed by atoms with van der Waals surface area (Å²) in [6.07, 6.45) is 5.18. The molecule has 0 spiro atoms. The predicted molar refractivity (Wildman–Crippen MR) is 71.0 cm³/mol. The molecule has 0 N–H and O–H groups in total. The van der Waals surface area contributed by atoms with Gasteiger partial charge in [-0.25, -0.2) is 0 Å². The highest BCUT2D eigenvalue weighted by Crippen LogP contribution is 2.19. The van der Waals surface area contributed by atoms with Gasteiger partial charge in [0.1, 0.15) is 0 Å². The molecule has 0 saturated heterocycles. The molecule has 0 radical (unpaired) electrons. The Bertz CT molecular complexity index is 284. The molecule has 15 heavy (non-hydrogen) atoms. The molecule has 0 saturated carbocycles. The highest BCUT2D eigenvalue weighted by molar-refractivity contribution is 7.99. The van der Waals surface area contributed by atoms with E-state index in [1.54, 1.807) is 0 Å². The zero-order valence-electron chi connectivity index (χ0n) is 9.57. The van der Waals surface area contributed by atoms with Crippen molar-refractivity contribution in [1.29, 1.82) is 0 Å². The van der Waals surface area contributed by atoms with Crippen molar-refractivity contribution in [2.24, 2.45) is 7.05 Å². The van der Waals surface area contributed by atoms with Crippen molar-refractivity contribution >= 4 is 24.4 Å². The minimum atomic E-state index is 1.02. The molecule has 2 nitrogen and oxygen atoms in total. The molecule has 1 rings (SSSR count). The molecule has 0 unspecified atom stereocenters. The van der Waals surface area contributed by atoms with E-state index in [9.17, 15) is 0 Å². The monoisotopic (exact) mass is 244 g/mol. The van der Waals surface area contributed by atoms with Crippen molar-refractivity contribution in [1.82, 2.24) is 9.78 Å². The van der Waals surface area contributed by atoms with E-state index >= 15 is 0 Å². The third-order valence-electron chi connectivity index (χ3n) is 2.26. The van der Waals surface area contributed by atoms with Gasteiger partial charge in [0.15, 0.2) is 0 Å². The lowest BCUT2D eigenvalue weighted by molar-refractivity contribution is 0.688. The Morgan fingerprint density at radius 1 is 1.33 bits per heavy atom. The third kappa shape index (κ3) is 4.98. The van der Waals surface area contributed by atoms with Gasteiger partial charge in [0.2, 0.25) is 0 Å². The molecule has 0 aromatic carbocycles. The number of thioether (sulfide) groups is 1. The first-order valence-corrected chi connectivity index (χ1v) is 7.10. The van der Waals surface area contributed by atoms with Gasteiger partial charge in [0, 0.05) is 7.05 Å². The first-order valence-electron chi connectivity index (χ1n) is 5.48. The summed E-state index contributed by atoms with van der Waals surface area (Å²) in [7, 11) is 2.01. The van der Waals surface area contributed by atoms with Crippen LogP contribution in [0.5, 0.6) is 0 Å². The first-order chi connectivity index (χ1) is 7.24. The molecule has 1 aromatic heterocycles. The van der Waals surface area contributed by atoms with Gasteiger partial charge in [-0.1, -0.05) is 12.8 Å². The Morgan fingerprint density at radius 2 is 2.07 bits per heavy atom. The molecule has 0 aliphatic heterocycles. The standard InChI is InChI=1S/C11H20N2S2/c1-10-9-11(13(2)12-10)15-8-6-4-3-5-7-14/h9,14H,3-8H2,1-2H3. The first kappa shape index (κ1) is 13.0. The molecule has 0 amide bonds. The Kier molecular flexibility index (Phi) is 6.25. The fourth-order valence-electron chi connectivity index (χ4n) is 1.47. The fraction of sp³-hybridized carbons (Fsp3) is 0.727. The van der Waals surface area contributed by atoms with Crippen LogP contribution in [0.4, 0.5) is 0 Å². The SMILES string of the molecule is Cc1cc(SCCCCCCS)n(C)n1. The van der Waals surface area contributed by atoms with E-state index in [4.69, 9.17) is 0 Å². The summed E-state index contributed by atoms with van der Waals surface area (Å²) in [6.45, 7) is 2.04. The lowest BCUT2D eigenvalue weighted by Crippen LogP contribution is -1.93. The van der Waals surface area contributed by atoms with Crippen molar-refractivity contribution in [3.63, 3.8) is 0 Å². The predicted octanol–water partition coefficient (Wildman–Crippen LogP) is 3.31. The van der Waals surface area contributed by atoms with Crippen molar-refractivity contribution in [3.8, 4) is 0 Å². The number of unbranched alkanes of at least 4 members (excludes halogenated alkanes) is 3. The van der Waals surface area contributed by atoms with Gasteiger partial charge in [0.25, 0.3) is 0 Å². The highest BCUT2D eigenvalue weighted by atomic mass is 32.2. The zero-order valence-corrected chi connectivity index (χ0v) is 11.3. The van der Waals surface area contributed by atoms with Gasteiger partial charge >= 0.3 is 0 Å². The maximum absolute atomic E-state index is 4.33. The number of hydrogen-bond acceptors (Lipinski definition) is 3. The van der Waals surface area contributed by atoms with E-state index < -0.39 is 0 Å². The van der Waals surface area contributed by atoms with Crippen molar-refractivity contribution in [2.45, 2.75) is 37.6 Å². The van der Waals surface area contributed by atoms with Crippen LogP contribution >= 0.6 is 24.4 Å². The largest absolute Gasteiger partial charge is 0.262 e. The molecule has 86 valence electrons. The van der Waals surface area contributed by atoms with Crippen LogP contribution in [0.25, 0.3) is 0 Å².